The van der Waals surface area contributed by atoms with E-state index in [1.807, 2.05) is 0 Å². The van der Waals surface area contributed by atoms with Crippen molar-refractivity contribution in [2.24, 2.45) is 0 Å². The molecule has 0 radical (unpaired) electrons. The molecule has 0 saturated heterocycles. The molecule has 54 valence electrons. The first-order valence-corrected chi connectivity index (χ1v) is 3.91. The summed E-state index contributed by atoms with van der Waals surface area (Å²) in [7, 11) is 0. The molecule has 0 aliphatic heterocycles. The van der Waals surface area contributed by atoms with Crippen molar-refractivity contribution < 1.29 is 4.79 Å². The van der Waals surface area contributed by atoms with Crippen LogP contribution in [0.5, 0.6) is 0 Å². The average molecular weight is 168 g/mol. The Morgan fingerprint density at radius 1 is 1.67 bits per heavy atom. The highest BCUT2D eigenvalue weighted by atomic mass is 35.5. The van der Waals surface area contributed by atoms with Crippen LogP contribution in [-0.2, 0) is 4.79 Å². The molecular weight excluding hydrogens is 158 g/mol. The zero-order valence-corrected chi connectivity index (χ0v) is 6.71. The minimum Gasteiger partial charge on any atom is -0.355 e. The van der Waals surface area contributed by atoms with Crippen LogP contribution in [0.4, 0.5) is 0 Å². The van der Waals surface area contributed by atoms with Crippen molar-refractivity contribution in [2.75, 3.05) is 18.2 Å². The summed E-state index contributed by atoms with van der Waals surface area (Å²) in [4.78, 5) is 10.6. The van der Waals surface area contributed by atoms with Crippen LogP contribution in [0.25, 0.3) is 0 Å². The summed E-state index contributed by atoms with van der Waals surface area (Å²) < 4.78 is 0. The molecule has 1 N–H and O–H groups in total. The van der Waals surface area contributed by atoms with Crippen LogP contribution < -0.4 is 5.32 Å². The van der Waals surface area contributed by atoms with E-state index in [4.69, 9.17) is 11.6 Å². The molecule has 0 bridgehead atoms. The summed E-state index contributed by atoms with van der Waals surface area (Å²) in [6.07, 6.45) is 0.398. The summed E-state index contributed by atoms with van der Waals surface area (Å²) in [5.41, 5.74) is 0. The molecule has 0 spiro atoms. The third kappa shape index (κ3) is 5.99. The van der Waals surface area contributed by atoms with E-state index in [0.29, 0.717) is 24.6 Å². The van der Waals surface area contributed by atoms with Crippen molar-refractivity contribution >= 4 is 30.1 Å². The lowest BCUT2D eigenvalue weighted by atomic mass is 10.4. The van der Waals surface area contributed by atoms with Crippen LogP contribution in [0, 0.1) is 0 Å². The molecule has 0 unspecified atom stereocenters. The van der Waals surface area contributed by atoms with Gasteiger partial charge in [0.05, 0.1) is 0 Å². The van der Waals surface area contributed by atoms with Gasteiger partial charge < -0.3 is 5.32 Å². The third-order valence-corrected chi connectivity index (χ3v) is 1.17. The summed E-state index contributed by atoms with van der Waals surface area (Å²) in [6.45, 7) is 0.624. The number of carbonyl (C=O) groups is 1. The highest BCUT2D eigenvalue weighted by molar-refractivity contribution is 7.80. The minimum atomic E-state index is -0.000880. The molecule has 0 aromatic rings. The molecule has 4 heteroatoms. The third-order valence-electron chi connectivity index (χ3n) is 0.756. The van der Waals surface area contributed by atoms with Gasteiger partial charge in [0, 0.05) is 24.6 Å². The predicted molar refractivity (Wildman–Crippen MR) is 42.2 cm³/mol. The van der Waals surface area contributed by atoms with Gasteiger partial charge in [-0.1, -0.05) is 0 Å². The number of rotatable bonds is 4. The Bertz CT molecular complexity index is 89.0. The van der Waals surface area contributed by atoms with Gasteiger partial charge in [0.2, 0.25) is 5.91 Å². The molecule has 9 heavy (non-hydrogen) atoms. The second-order valence-corrected chi connectivity index (χ2v) is 2.34. The van der Waals surface area contributed by atoms with Crippen molar-refractivity contribution in [3.63, 3.8) is 0 Å². The largest absolute Gasteiger partial charge is 0.355 e. The monoisotopic (exact) mass is 167 g/mol. The van der Waals surface area contributed by atoms with E-state index in [2.05, 4.69) is 17.9 Å². The lowest BCUT2D eigenvalue weighted by molar-refractivity contribution is -0.120. The zero-order valence-electron chi connectivity index (χ0n) is 5.06. The van der Waals surface area contributed by atoms with Crippen molar-refractivity contribution in [1.29, 1.82) is 0 Å². The van der Waals surface area contributed by atoms with Crippen molar-refractivity contribution in [2.45, 2.75) is 6.42 Å². The van der Waals surface area contributed by atoms with E-state index >= 15 is 0 Å². The summed E-state index contributed by atoms with van der Waals surface area (Å²) in [6, 6.07) is 0. The van der Waals surface area contributed by atoms with Crippen molar-refractivity contribution in [3.8, 4) is 0 Å². The van der Waals surface area contributed by atoms with Gasteiger partial charge in [-0.3, -0.25) is 4.79 Å². The van der Waals surface area contributed by atoms with Gasteiger partial charge >= 0.3 is 0 Å². The lowest BCUT2D eigenvalue weighted by Gasteiger charge is -1.98. The summed E-state index contributed by atoms with van der Waals surface area (Å²) in [5.74, 6) is 1.06. The quantitative estimate of drug-likeness (QED) is 0.468. The average Bonchev–Trinajstić information content (AvgIpc) is 1.85. The van der Waals surface area contributed by atoms with E-state index < -0.39 is 0 Å². The number of nitrogens with one attached hydrogen (secondary N) is 1. The Morgan fingerprint density at radius 3 is 2.78 bits per heavy atom. The Balaban J connectivity index is 3.06. The number of thiol groups is 1. The first-order chi connectivity index (χ1) is 4.31. The number of halogens is 1. The van der Waals surface area contributed by atoms with Crippen LogP contribution in [0.2, 0.25) is 0 Å². The Hall–Kier alpha value is 0.110. The van der Waals surface area contributed by atoms with E-state index in [0.717, 1.165) is 0 Å². The number of hydrogen-bond acceptors (Lipinski definition) is 2. The predicted octanol–water partition coefficient (Wildman–Crippen LogP) is 0.661. The zero-order chi connectivity index (χ0) is 7.11. The Kier molecular flexibility index (Phi) is 6.31. The molecule has 0 fully saturated rings. The van der Waals surface area contributed by atoms with Gasteiger partial charge in [-0.15, -0.1) is 11.6 Å². The SMILES string of the molecule is O=C(CCCl)NCCS. The highest BCUT2D eigenvalue weighted by Gasteiger charge is 1.95. The van der Waals surface area contributed by atoms with Crippen LogP contribution in [0.15, 0.2) is 0 Å². The standard InChI is InChI=1S/C5H10ClNOS/c6-2-1-5(8)7-3-4-9/h9H,1-4H2,(H,7,8). The fraction of sp³-hybridized carbons (Fsp3) is 0.800. The number of alkyl halides is 1. The van der Waals surface area contributed by atoms with Gasteiger partial charge in [0.15, 0.2) is 0 Å². The molecular formula is C5H10ClNOS. The molecule has 0 aliphatic carbocycles. The maximum Gasteiger partial charge on any atom is 0.221 e. The maximum absolute atomic E-state index is 10.6. The first kappa shape index (κ1) is 9.11. The lowest BCUT2D eigenvalue weighted by Crippen LogP contribution is -2.25. The molecule has 0 aliphatic rings. The molecule has 0 heterocycles. The molecule has 0 saturated carbocycles. The molecule has 2 nitrogen and oxygen atoms in total. The van der Waals surface area contributed by atoms with Crippen LogP contribution in [0.3, 0.4) is 0 Å². The van der Waals surface area contributed by atoms with Crippen molar-refractivity contribution in [1.82, 2.24) is 5.32 Å². The van der Waals surface area contributed by atoms with Crippen LogP contribution in [0.1, 0.15) is 6.42 Å². The topological polar surface area (TPSA) is 29.1 Å². The Labute approximate surface area is 65.4 Å². The Morgan fingerprint density at radius 2 is 2.33 bits per heavy atom. The maximum atomic E-state index is 10.6. The molecule has 0 aromatic carbocycles. The second-order valence-electron chi connectivity index (χ2n) is 1.51. The van der Waals surface area contributed by atoms with E-state index in [-0.39, 0.29) is 5.91 Å². The molecule has 0 atom stereocenters. The minimum absolute atomic E-state index is 0.000880. The van der Waals surface area contributed by atoms with Crippen molar-refractivity contribution in [3.05, 3.63) is 0 Å². The summed E-state index contributed by atoms with van der Waals surface area (Å²) in [5, 5.41) is 2.63. The molecule has 1 amide bonds. The van der Waals surface area contributed by atoms with E-state index in [1.165, 1.54) is 0 Å². The van der Waals surface area contributed by atoms with Gasteiger partial charge in [0.1, 0.15) is 0 Å². The van der Waals surface area contributed by atoms with Gasteiger partial charge in [-0.25, -0.2) is 0 Å². The smallest absolute Gasteiger partial charge is 0.221 e. The van der Waals surface area contributed by atoms with E-state index in [1.54, 1.807) is 0 Å². The van der Waals surface area contributed by atoms with Gasteiger partial charge in [-0.05, 0) is 0 Å². The van der Waals surface area contributed by atoms with E-state index in [9.17, 15) is 4.79 Å². The number of carbonyl (C=O) groups excluding carboxylic acids is 1. The fourth-order valence-corrected chi connectivity index (χ4v) is 0.653. The summed E-state index contributed by atoms with van der Waals surface area (Å²) >= 11 is 9.21. The second kappa shape index (κ2) is 6.23. The van der Waals surface area contributed by atoms with Crippen LogP contribution >= 0.6 is 24.2 Å². The first-order valence-electron chi connectivity index (χ1n) is 2.74. The fourth-order valence-electron chi connectivity index (χ4n) is 0.370. The number of amides is 1. The highest BCUT2D eigenvalue weighted by Crippen LogP contribution is 1.83. The normalized spacial score (nSPS) is 9.11. The number of hydrogen-bond donors (Lipinski definition) is 2. The van der Waals surface area contributed by atoms with Gasteiger partial charge in [-0.2, -0.15) is 12.6 Å². The van der Waals surface area contributed by atoms with Gasteiger partial charge in [0.25, 0.3) is 0 Å². The van der Waals surface area contributed by atoms with Crippen LogP contribution in [-0.4, -0.2) is 24.1 Å². The molecule has 0 aromatic heterocycles. The molecule has 0 rings (SSSR count).